The van der Waals surface area contributed by atoms with E-state index in [1.54, 1.807) is 0 Å². The summed E-state index contributed by atoms with van der Waals surface area (Å²) in [6.07, 6.45) is -1.50. The van der Waals surface area contributed by atoms with Crippen LogP contribution in [0.3, 0.4) is 0 Å². The van der Waals surface area contributed by atoms with E-state index in [0.29, 0.717) is 22.8 Å². The molecule has 2 aromatic rings. The summed E-state index contributed by atoms with van der Waals surface area (Å²) in [6.45, 7) is 3.02. The summed E-state index contributed by atoms with van der Waals surface area (Å²) >= 11 is 3.23. The van der Waals surface area contributed by atoms with Gasteiger partial charge in [-0.1, -0.05) is 19.8 Å². The van der Waals surface area contributed by atoms with Gasteiger partial charge >= 0.3 is 6.18 Å². The number of anilines is 1. The molecule has 120 valence electrons. The van der Waals surface area contributed by atoms with Gasteiger partial charge in [-0.25, -0.2) is 14.6 Å². The summed E-state index contributed by atoms with van der Waals surface area (Å²) in [4.78, 5) is 12.7. The van der Waals surface area contributed by atoms with Crippen LogP contribution in [0.25, 0.3) is 11.5 Å². The molecular weight excluding hydrogens is 365 g/mol. The van der Waals surface area contributed by atoms with Crippen LogP contribution in [0.15, 0.2) is 4.73 Å². The van der Waals surface area contributed by atoms with Crippen molar-refractivity contribution in [1.29, 1.82) is 0 Å². The third-order valence-electron chi connectivity index (χ3n) is 3.44. The number of H-pyrrole nitrogens is 1. The summed E-state index contributed by atoms with van der Waals surface area (Å²) < 4.78 is 40.2. The lowest BCUT2D eigenvalue weighted by Gasteiger charge is -2.27. The third kappa shape index (κ3) is 2.71. The Labute approximate surface area is 132 Å². The van der Waals surface area contributed by atoms with Crippen molar-refractivity contribution in [1.82, 2.24) is 24.7 Å². The van der Waals surface area contributed by atoms with E-state index in [-0.39, 0.29) is 12.5 Å². The molecule has 0 bridgehead atoms. The first kappa shape index (κ1) is 15.3. The maximum absolute atomic E-state index is 12.8. The van der Waals surface area contributed by atoms with Crippen molar-refractivity contribution < 1.29 is 13.2 Å². The minimum atomic E-state index is -4.56. The van der Waals surface area contributed by atoms with E-state index in [1.165, 1.54) is 4.68 Å². The van der Waals surface area contributed by atoms with Crippen molar-refractivity contribution in [2.45, 2.75) is 39.0 Å². The Bertz CT molecular complexity index is 677. The zero-order chi connectivity index (χ0) is 15.9. The van der Waals surface area contributed by atoms with Gasteiger partial charge in [0.15, 0.2) is 16.4 Å². The Kier molecular flexibility index (Phi) is 3.87. The molecule has 0 amide bonds. The molecule has 3 heterocycles. The number of unbranched alkanes of at least 4 members (excludes halogenated alkanes) is 2. The highest BCUT2D eigenvalue weighted by Gasteiger charge is 2.39. The number of nitrogens with zero attached hydrogens (tertiary/aromatic N) is 5. The molecule has 0 radical (unpaired) electrons. The number of halogens is 4. The Morgan fingerprint density at radius 1 is 1.27 bits per heavy atom. The van der Waals surface area contributed by atoms with Crippen LogP contribution in [-0.4, -0.2) is 31.3 Å². The molecule has 3 rings (SSSR count). The molecule has 0 aliphatic carbocycles. The van der Waals surface area contributed by atoms with E-state index >= 15 is 0 Å². The van der Waals surface area contributed by atoms with E-state index in [4.69, 9.17) is 0 Å². The van der Waals surface area contributed by atoms with Gasteiger partial charge in [-0.05, 0) is 22.4 Å². The molecule has 0 atom stereocenters. The fourth-order valence-corrected chi connectivity index (χ4v) is 2.79. The molecular formula is C12H14BrF3N6. The van der Waals surface area contributed by atoms with Crippen LogP contribution in [0.2, 0.25) is 0 Å². The van der Waals surface area contributed by atoms with E-state index in [0.717, 1.165) is 19.3 Å². The topological polar surface area (TPSA) is 62.6 Å². The summed E-state index contributed by atoms with van der Waals surface area (Å²) in [5.41, 5.74) is 0.456. The number of aromatic amines is 1. The number of fused-ring (bicyclic) bond motifs is 3. The number of rotatable bonds is 4. The average molecular weight is 379 g/mol. The Hall–Kier alpha value is -1.58. The molecule has 1 aliphatic heterocycles. The van der Waals surface area contributed by atoms with E-state index < -0.39 is 12.0 Å². The second-order valence-corrected chi connectivity index (χ2v) is 5.85. The van der Waals surface area contributed by atoms with Gasteiger partial charge in [0.25, 0.3) is 5.82 Å². The molecule has 0 spiro atoms. The predicted octanol–water partition coefficient (Wildman–Crippen LogP) is 3.42. The van der Waals surface area contributed by atoms with E-state index in [2.05, 4.69) is 42.9 Å². The Morgan fingerprint density at radius 2 is 2.05 bits per heavy atom. The van der Waals surface area contributed by atoms with Gasteiger partial charge in [0, 0.05) is 6.54 Å². The maximum atomic E-state index is 12.8. The molecule has 0 aromatic carbocycles. The first-order valence-corrected chi connectivity index (χ1v) is 7.72. The number of imidazole rings is 1. The fraction of sp³-hybridized carbons (Fsp3) is 0.583. The highest BCUT2D eigenvalue weighted by atomic mass is 79.9. The van der Waals surface area contributed by atoms with Gasteiger partial charge < -0.3 is 9.88 Å². The summed E-state index contributed by atoms with van der Waals surface area (Å²) in [6, 6.07) is 0. The van der Waals surface area contributed by atoms with Crippen LogP contribution in [-0.2, 0) is 12.8 Å². The average Bonchev–Trinajstić information content (AvgIpc) is 3.01. The zero-order valence-corrected chi connectivity index (χ0v) is 13.4. The molecule has 0 saturated carbocycles. The number of hydrogen-bond donors (Lipinski definition) is 1. The molecule has 22 heavy (non-hydrogen) atoms. The minimum Gasteiger partial charge on any atom is -0.335 e. The number of nitrogens with one attached hydrogen (secondary N) is 1. The first-order valence-electron chi connectivity index (χ1n) is 6.93. The smallest absolute Gasteiger partial charge is 0.335 e. The number of alkyl halides is 3. The number of hydrogen-bond acceptors (Lipinski definition) is 4. The van der Waals surface area contributed by atoms with Crippen LogP contribution in [0.5, 0.6) is 0 Å². The van der Waals surface area contributed by atoms with Gasteiger partial charge in [0.05, 0.1) is 0 Å². The van der Waals surface area contributed by atoms with Crippen LogP contribution in [0, 0.1) is 0 Å². The first-order chi connectivity index (χ1) is 10.4. The van der Waals surface area contributed by atoms with Gasteiger partial charge in [-0.3, -0.25) is 0 Å². The SMILES string of the molecule is CCCCCN1Cn2nc(C(F)(F)F)nc2-c2[nH]c(Br)nc21. The van der Waals surface area contributed by atoms with Crippen molar-refractivity contribution in [3.05, 3.63) is 10.6 Å². The van der Waals surface area contributed by atoms with Crippen molar-refractivity contribution in [3.8, 4) is 11.5 Å². The Morgan fingerprint density at radius 3 is 2.73 bits per heavy atom. The molecule has 0 fully saturated rings. The number of aromatic nitrogens is 5. The largest absolute Gasteiger partial charge is 0.453 e. The molecule has 6 nitrogen and oxygen atoms in total. The molecule has 0 saturated heterocycles. The molecule has 1 aliphatic rings. The van der Waals surface area contributed by atoms with Crippen LogP contribution in [0.1, 0.15) is 32.0 Å². The summed E-state index contributed by atoms with van der Waals surface area (Å²) in [7, 11) is 0. The second-order valence-electron chi connectivity index (χ2n) is 5.09. The van der Waals surface area contributed by atoms with E-state index in [1.807, 2.05) is 4.90 Å². The highest BCUT2D eigenvalue weighted by Crippen LogP contribution is 2.36. The van der Waals surface area contributed by atoms with Gasteiger partial charge in [0.1, 0.15) is 12.4 Å². The summed E-state index contributed by atoms with van der Waals surface area (Å²) in [5.74, 6) is -0.363. The van der Waals surface area contributed by atoms with Crippen LogP contribution >= 0.6 is 15.9 Å². The van der Waals surface area contributed by atoms with Gasteiger partial charge in [-0.15, -0.1) is 5.10 Å². The molecule has 0 unspecified atom stereocenters. The zero-order valence-electron chi connectivity index (χ0n) is 11.8. The predicted molar refractivity (Wildman–Crippen MR) is 77.2 cm³/mol. The molecule has 10 heteroatoms. The lowest BCUT2D eigenvalue weighted by Crippen LogP contribution is -2.32. The Balaban J connectivity index is 1.97. The standard InChI is InChI=1S/C12H14BrF3N6/c1-2-3-4-5-21-6-22-9(7-8(21)19-11(13)17-7)18-10(20-22)12(14,15)16/h2-6H2,1H3,(H,17,19). The molecule has 2 aromatic heterocycles. The lowest BCUT2D eigenvalue weighted by atomic mass is 10.2. The van der Waals surface area contributed by atoms with Gasteiger partial charge in [0.2, 0.25) is 0 Å². The highest BCUT2D eigenvalue weighted by molar-refractivity contribution is 9.10. The quantitative estimate of drug-likeness (QED) is 0.828. The van der Waals surface area contributed by atoms with Crippen molar-refractivity contribution >= 4 is 21.7 Å². The second kappa shape index (κ2) is 5.56. The normalized spacial score (nSPS) is 14.1. The van der Waals surface area contributed by atoms with Crippen molar-refractivity contribution in [3.63, 3.8) is 0 Å². The maximum Gasteiger partial charge on any atom is 0.453 e. The van der Waals surface area contributed by atoms with E-state index in [9.17, 15) is 13.2 Å². The third-order valence-corrected chi connectivity index (χ3v) is 3.82. The van der Waals surface area contributed by atoms with Crippen molar-refractivity contribution in [2.75, 3.05) is 11.4 Å². The van der Waals surface area contributed by atoms with Gasteiger partial charge in [-0.2, -0.15) is 13.2 Å². The minimum absolute atomic E-state index is 0.160. The monoisotopic (exact) mass is 378 g/mol. The van der Waals surface area contributed by atoms with Crippen LogP contribution in [0.4, 0.5) is 19.0 Å². The van der Waals surface area contributed by atoms with Crippen LogP contribution < -0.4 is 4.90 Å². The summed E-state index contributed by atoms with van der Waals surface area (Å²) in [5, 5.41) is 3.58. The lowest BCUT2D eigenvalue weighted by molar-refractivity contribution is -0.144. The molecule has 1 N–H and O–H groups in total. The fourth-order valence-electron chi connectivity index (χ4n) is 2.42. The van der Waals surface area contributed by atoms with Crippen molar-refractivity contribution in [2.24, 2.45) is 0 Å².